The van der Waals surface area contributed by atoms with Crippen LogP contribution in [0.1, 0.15) is 40.5 Å². The van der Waals surface area contributed by atoms with Crippen LogP contribution in [0, 0.1) is 0 Å². The van der Waals surface area contributed by atoms with Crippen LogP contribution < -0.4 is 4.74 Å². The van der Waals surface area contributed by atoms with Gasteiger partial charge < -0.3 is 9.30 Å². The number of carbonyl (C=O) groups is 1. The highest BCUT2D eigenvalue weighted by molar-refractivity contribution is 7.99. The summed E-state index contributed by atoms with van der Waals surface area (Å²) >= 11 is 1.34. The van der Waals surface area contributed by atoms with E-state index in [-0.39, 0.29) is 17.3 Å². The first kappa shape index (κ1) is 19.6. The fourth-order valence-electron chi connectivity index (χ4n) is 3.00. The molecule has 0 spiro atoms. The van der Waals surface area contributed by atoms with E-state index in [9.17, 15) is 13.6 Å². The molecule has 5 nitrogen and oxygen atoms in total. The van der Waals surface area contributed by atoms with E-state index < -0.39 is 6.61 Å². The Balaban J connectivity index is 1.44. The van der Waals surface area contributed by atoms with Gasteiger partial charge in [-0.1, -0.05) is 42.1 Å². The van der Waals surface area contributed by atoms with Crippen molar-refractivity contribution in [3.63, 3.8) is 0 Å². The van der Waals surface area contributed by atoms with Crippen molar-refractivity contribution < 1.29 is 18.3 Å². The number of rotatable bonds is 9. The van der Waals surface area contributed by atoms with Gasteiger partial charge in [0.25, 0.3) is 0 Å². The molecule has 3 aromatic rings. The van der Waals surface area contributed by atoms with Crippen LogP contribution >= 0.6 is 11.8 Å². The van der Waals surface area contributed by atoms with E-state index >= 15 is 0 Å². The quantitative estimate of drug-likeness (QED) is 0.372. The summed E-state index contributed by atoms with van der Waals surface area (Å²) in [5.41, 5.74) is 1.59. The van der Waals surface area contributed by atoms with E-state index in [0.29, 0.717) is 23.2 Å². The molecule has 1 aliphatic rings. The molecule has 8 heteroatoms. The number of carbonyl (C=O) groups excluding carboxylic acids is 1. The molecule has 0 saturated heterocycles. The highest BCUT2D eigenvalue weighted by Gasteiger charge is 2.30. The van der Waals surface area contributed by atoms with Crippen molar-refractivity contribution in [3.05, 3.63) is 71.5 Å². The van der Waals surface area contributed by atoms with Crippen molar-refractivity contribution in [2.75, 3.05) is 5.75 Å². The SMILES string of the molecule is O=C(CSc1nnc(C2CC2)n1Cc1ccccc1)c1ccc(OC(F)F)cc1. The van der Waals surface area contributed by atoms with Crippen LogP contribution in [0.3, 0.4) is 0 Å². The van der Waals surface area contributed by atoms with Crippen LogP contribution in [0.25, 0.3) is 0 Å². The Hall–Kier alpha value is -2.74. The minimum absolute atomic E-state index is 0.0286. The second-order valence-electron chi connectivity index (χ2n) is 6.80. The molecule has 0 bridgehead atoms. The minimum atomic E-state index is -2.89. The van der Waals surface area contributed by atoms with Gasteiger partial charge >= 0.3 is 6.61 Å². The Bertz CT molecular complexity index is 973. The number of benzene rings is 2. The first-order chi connectivity index (χ1) is 14.1. The van der Waals surface area contributed by atoms with E-state index in [2.05, 4.69) is 31.6 Å². The van der Waals surface area contributed by atoms with Gasteiger partial charge in [0.05, 0.1) is 12.3 Å². The van der Waals surface area contributed by atoms with Crippen LogP contribution in [-0.2, 0) is 6.54 Å². The van der Waals surface area contributed by atoms with E-state index in [1.807, 2.05) is 18.2 Å². The summed E-state index contributed by atoms with van der Waals surface area (Å²) in [6.07, 6.45) is 2.23. The number of hydrogen-bond acceptors (Lipinski definition) is 5. The molecule has 0 aliphatic heterocycles. The highest BCUT2D eigenvalue weighted by atomic mass is 32.2. The normalized spacial score (nSPS) is 13.6. The van der Waals surface area contributed by atoms with Gasteiger partial charge in [-0.25, -0.2) is 0 Å². The van der Waals surface area contributed by atoms with E-state index in [1.54, 1.807) is 0 Å². The molecule has 0 radical (unpaired) electrons. The molecule has 4 rings (SSSR count). The first-order valence-electron chi connectivity index (χ1n) is 9.28. The zero-order chi connectivity index (χ0) is 20.2. The van der Waals surface area contributed by atoms with E-state index in [1.165, 1.54) is 36.0 Å². The van der Waals surface area contributed by atoms with Gasteiger partial charge in [-0.05, 0) is 42.7 Å². The van der Waals surface area contributed by atoms with Gasteiger partial charge in [0.2, 0.25) is 0 Å². The summed E-state index contributed by atoms with van der Waals surface area (Å²) in [4.78, 5) is 12.5. The van der Waals surface area contributed by atoms with Crippen LogP contribution in [0.15, 0.2) is 59.8 Å². The zero-order valence-corrected chi connectivity index (χ0v) is 16.3. The molecule has 0 N–H and O–H groups in total. The second-order valence-corrected chi connectivity index (χ2v) is 7.74. The van der Waals surface area contributed by atoms with Crippen LogP contribution in [0.5, 0.6) is 5.75 Å². The summed E-state index contributed by atoms with van der Waals surface area (Å²) < 4.78 is 30.9. The van der Waals surface area contributed by atoms with Crippen molar-refractivity contribution in [2.24, 2.45) is 0 Å². The van der Waals surface area contributed by atoms with Gasteiger partial charge in [0.15, 0.2) is 10.9 Å². The summed E-state index contributed by atoms with van der Waals surface area (Å²) in [5, 5.41) is 9.37. The molecule has 0 amide bonds. The van der Waals surface area contributed by atoms with Crippen molar-refractivity contribution in [2.45, 2.75) is 37.1 Å². The smallest absolute Gasteiger partial charge is 0.387 e. The summed E-state index contributed by atoms with van der Waals surface area (Å²) in [6, 6.07) is 15.8. The number of alkyl halides is 2. The van der Waals surface area contributed by atoms with Gasteiger partial charge in [-0.2, -0.15) is 8.78 Å². The molecule has 1 saturated carbocycles. The van der Waals surface area contributed by atoms with E-state index in [4.69, 9.17) is 0 Å². The van der Waals surface area contributed by atoms with Crippen molar-refractivity contribution in [1.29, 1.82) is 0 Å². The third-order valence-corrected chi connectivity index (χ3v) is 5.57. The predicted molar refractivity (Wildman–Crippen MR) is 106 cm³/mol. The van der Waals surface area contributed by atoms with Crippen molar-refractivity contribution in [3.8, 4) is 5.75 Å². The standard InChI is InChI=1S/C21H19F2N3O2S/c22-20(23)28-17-10-8-15(9-11-17)18(27)13-29-21-25-24-19(16-6-7-16)26(21)12-14-4-2-1-3-5-14/h1-5,8-11,16,20H,6-7,12-13H2. The minimum Gasteiger partial charge on any atom is -0.435 e. The highest BCUT2D eigenvalue weighted by Crippen LogP contribution is 2.40. The first-order valence-corrected chi connectivity index (χ1v) is 10.3. The molecule has 1 fully saturated rings. The summed E-state index contributed by atoms with van der Waals surface area (Å²) in [7, 11) is 0. The number of halogens is 2. The average molecular weight is 415 g/mol. The summed E-state index contributed by atoms with van der Waals surface area (Å²) in [6.45, 7) is -2.22. The van der Waals surface area contributed by atoms with Crippen molar-refractivity contribution in [1.82, 2.24) is 14.8 Å². The Kier molecular flexibility index (Phi) is 5.89. The predicted octanol–water partition coefficient (Wildman–Crippen LogP) is 4.78. The average Bonchev–Trinajstić information content (AvgIpc) is 3.49. The molecule has 1 aromatic heterocycles. The second kappa shape index (κ2) is 8.73. The number of aromatic nitrogens is 3. The van der Waals surface area contributed by atoms with Gasteiger partial charge in [-0.15, -0.1) is 10.2 Å². The lowest BCUT2D eigenvalue weighted by molar-refractivity contribution is -0.0498. The Labute approximate surface area is 171 Å². The maximum Gasteiger partial charge on any atom is 0.387 e. The van der Waals surface area contributed by atoms with Gasteiger partial charge in [0.1, 0.15) is 11.6 Å². The number of ether oxygens (including phenoxy) is 1. The largest absolute Gasteiger partial charge is 0.435 e. The number of ketones is 1. The Morgan fingerprint density at radius 1 is 1.10 bits per heavy atom. The van der Waals surface area contributed by atoms with Crippen LogP contribution in [-0.4, -0.2) is 32.9 Å². The lowest BCUT2D eigenvalue weighted by atomic mass is 10.1. The molecule has 29 heavy (non-hydrogen) atoms. The van der Waals surface area contributed by atoms with E-state index in [0.717, 1.165) is 24.2 Å². The Morgan fingerprint density at radius 3 is 2.48 bits per heavy atom. The third kappa shape index (κ3) is 5.00. The molecule has 150 valence electrons. The van der Waals surface area contributed by atoms with Crippen LogP contribution in [0.2, 0.25) is 0 Å². The topological polar surface area (TPSA) is 57.0 Å². The lowest BCUT2D eigenvalue weighted by Crippen LogP contribution is -2.08. The maximum atomic E-state index is 12.5. The molecule has 1 heterocycles. The fraction of sp³-hybridized carbons (Fsp3) is 0.286. The summed E-state index contributed by atoms with van der Waals surface area (Å²) in [5.74, 6) is 1.52. The molecular formula is C21H19F2N3O2S. The molecule has 0 atom stereocenters. The molecule has 0 unspecified atom stereocenters. The fourth-order valence-corrected chi connectivity index (χ4v) is 3.84. The maximum absolute atomic E-state index is 12.5. The van der Waals surface area contributed by atoms with Gasteiger partial charge in [-0.3, -0.25) is 4.79 Å². The lowest BCUT2D eigenvalue weighted by Gasteiger charge is -2.10. The number of hydrogen-bond donors (Lipinski definition) is 0. The van der Waals surface area contributed by atoms with Crippen molar-refractivity contribution >= 4 is 17.5 Å². The number of nitrogens with zero attached hydrogens (tertiary/aromatic N) is 3. The third-order valence-electron chi connectivity index (χ3n) is 4.61. The molecular weight excluding hydrogens is 396 g/mol. The number of thioether (sulfide) groups is 1. The number of Topliss-reactive ketones (excluding diaryl/α,β-unsaturated/α-hetero) is 1. The monoisotopic (exact) mass is 415 g/mol. The molecule has 1 aliphatic carbocycles. The van der Waals surface area contributed by atoms with Gasteiger partial charge in [0, 0.05) is 11.5 Å². The molecule has 2 aromatic carbocycles. The van der Waals surface area contributed by atoms with Crippen LogP contribution in [0.4, 0.5) is 8.78 Å². The Morgan fingerprint density at radius 2 is 1.83 bits per heavy atom. The zero-order valence-electron chi connectivity index (χ0n) is 15.5.